The topological polar surface area (TPSA) is 15.8 Å². The van der Waals surface area contributed by atoms with E-state index in [0.717, 1.165) is 0 Å². The van der Waals surface area contributed by atoms with Gasteiger partial charge >= 0.3 is 0 Å². The van der Waals surface area contributed by atoms with Crippen LogP contribution in [0.4, 0.5) is 0 Å². The van der Waals surface area contributed by atoms with E-state index in [1.807, 2.05) is 6.20 Å². The summed E-state index contributed by atoms with van der Waals surface area (Å²) in [5.74, 6) is 0. The summed E-state index contributed by atoms with van der Waals surface area (Å²) in [5.41, 5.74) is 5.67. The Hall–Kier alpha value is -1.50. The van der Waals surface area contributed by atoms with Crippen LogP contribution in [0.2, 0.25) is 0 Å². The van der Waals surface area contributed by atoms with Crippen LogP contribution >= 0.6 is 0 Å². The SMILES string of the molecule is c1ccc2c(c1)CCCc1cc[nH]c1-2. The lowest BCUT2D eigenvalue weighted by Gasteiger charge is -2.04. The zero-order valence-electron chi connectivity index (χ0n) is 8.09. The number of aryl methyl sites for hydroxylation is 2. The number of hydrogen-bond donors (Lipinski definition) is 1. The van der Waals surface area contributed by atoms with Gasteiger partial charge in [-0.1, -0.05) is 24.3 Å². The summed E-state index contributed by atoms with van der Waals surface area (Å²) in [6, 6.07) is 10.9. The van der Waals surface area contributed by atoms with Crippen LogP contribution in [-0.4, -0.2) is 4.98 Å². The zero-order valence-corrected chi connectivity index (χ0v) is 8.09. The van der Waals surface area contributed by atoms with Crippen molar-refractivity contribution in [2.75, 3.05) is 0 Å². The number of fused-ring (bicyclic) bond motifs is 3. The van der Waals surface area contributed by atoms with Crippen molar-refractivity contribution in [1.29, 1.82) is 0 Å². The molecule has 2 aromatic rings. The Kier molecular flexibility index (Phi) is 1.69. The summed E-state index contributed by atoms with van der Waals surface area (Å²) >= 11 is 0. The number of rotatable bonds is 0. The van der Waals surface area contributed by atoms with Gasteiger partial charge in [0.1, 0.15) is 0 Å². The number of benzene rings is 1. The second-order valence-electron chi connectivity index (χ2n) is 3.89. The molecular weight excluding hydrogens is 170 g/mol. The number of H-pyrrole nitrogens is 1. The van der Waals surface area contributed by atoms with Gasteiger partial charge in [0, 0.05) is 17.5 Å². The number of aromatic nitrogens is 1. The molecule has 0 saturated heterocycles. The second kappa shape index (κ2) is 3.02. The van der Waals surface area contributed by atoms with E-state index in [1.54, 1.807) is 0 Å². The highest BCUT2D eigenvalue weighted by Gasteiger charge is 2.13. The highest BCUT2D eigenvalue weighted by molar-refractivity contribution is 5.68. The van der Waals surface area contributed by atoms with Crippen LogP contribution < -0.4 is 0 Å². The van der Waals surface area contributed by atoms with E-state index in [-0.39, 0.29) is 0 Å². The van der Waals surface area contributed by atoms with Crippen molar-refractivity contribution >= 4 is 0 Å². The van der Waals surface area contributed by atoms with Crippen LogP contribution in [0, 0.1) is 0 Å². The lowest BCUT2D eigenvalue weighted by molar-refractivity contribution is 0.835. The monoisotopic (exact) mass is 183 g/mol. The van der Waals surface area contributed by atoms with Gasteiger partial charge in [-0.15, -0.1) is 0 Å². The fourth-order valence-electron chi connectivity index (χ4n) is 2.31. The maximum atomic E-state index is 3.35. The molecule has 0 radical (unpaired) electrons. The van der Waals surface area contributed by atoms with Gasteiger partial charge in [0.05, 0.1) is 0 Å². The molecule has 0 fully saturated rings. The summed E-state index contributed by atoms with van der Waals surface area (Å²) in [7, 11) is 0. The smallest absolute Gasteiger partial charge is 0.0489 e. The molecule has 0 aliphatic heterocycles. The predicted molar refractivity (Wildman–Crippen MR) is 58.3 cm³/mol. The first-order valence-electron chi connectivity index (χ1n) is 5.20. The number of hydrogen-bond acceptors (Lipinski definition) is 0. The van der Waals surface area contributed by atoms with E-state index in [0.29, 0.717) is 0 Å². The molecule has 0 spiro atoms. The average molecular weight is 183 g/mol. The van der Waals surface area contributed by atoms with Gasteiger partial charge in [-0.05, 0) is 36.5 Å². The van der Waals surface area contributed by atoms with Crippen LogP contribution in [0.15, 0.2) is 36.5 Å². The highest BCUT2D eigenvalue weighted by atomic mass is 14.7. The summed E-state index contributed by atoms with van der Waals surface area (Å²) < 4.78 is 0. The molecule has 0 atom stereocenters. The van der Waals surface area contributed by atoms with Crippen LogP contribution in [-0.2, 0) is 12.8 Å². The minimum atomic E-state index is 1.20. The Labute approximate surface area is 83.8 Å². The Morgan fingerprint density at radius 3 is 2.79 bits per heavy atom. The van der Waals surface area contributed by atoms with Gasteiger partial charge in [-0.25, -0.2) is 0 Å². The number of aromatic amines is 1. The van der Waals surface area contributed by atoms with E-state index >= 15 is 0 Å². The second-order valence-corrected chi connectivity index (χ2v) is 3.89. The third-order valence-electron chi connectivity index (χ3n) is 3.01. The molecule has 1 heteroatoms. The molecule has 14 heavy (non-hydrogen) atoms. The van der Waals surface area contributed by atoms with Crippen LogP contribution in [0.1, 0.15) is 17.5 Å². The summed E-state index contributed by atoms with van der Waals surface area (Å²) in [4.78, 5) is 3.35. The first-order chi connectivity index (χ1) is 6.95. The molecule has 0 amide bonds. The Morgan fingerprint density at radius 1 is 0.929 bits per heavy atom. The first kappa shape index (κ1) is 7.86. The molecule has 0 bridgehead atoms. The molecule has 1 aliphatic carbocycles. The molecular formula is C13H13N. The first-order valence-corrected chi connectivity index (χ1v) is 5.20. The molecule has 0 unspecified atom stereocenters. The molecule has 1 aliphatic rings. The fraction of sp³-hybridized carbons (Fsp3) is 0.231. The van der Waals surface area contributed by atoms with E-state index in [9.17, 15) is 0 Å². The number of nitrogens with one attached hydrogen (secondary N) is 1. The summed E-state index contributed by atoms with van der Waals surface area (Å²) in [6.07, 6.45) is 5.72. The third-order valence-corrected chi connectivity index (χ3v) is 3.01. The normalized spacial score (nSPS) is 14.3. The zero-order chi connectivity index (χ0) is 9.38. The lowest BCUT2D eigenvalue weighted by atomic mass is 10.0. The molecule has 3 rings (SSSR count). The predicted octanol–water partition coefficient (Wildman–Crippen LogP) is 3.17. The van der Waals surface area contributed by atoms with Crippen molar-refractivity contribution in [3.63, 3.8) is 0 Å². The van der Waals surface area contributed by atoms with Gasteiger partial charge in [0.25, 0.3) is 0 Å². The maximum absolute atomic E-state index is 3.35. The van der Waals surface area contributed by atoms with Crippen LogP contribution in [0.5, 0.6) is 0 Å². The largest absolute Gasteiger partial charge is 0.361 e. The molecule has 1 nitrogen and oxygen atoms in total. The van der Waals surface area contributed by atoms with Gasteiger partial charge in [-0.2, -0.15) is 0 Å². The van der Waals surface area contributed by atoms with Gasteiger partial charge in [0.15, 0.2) is 0 Å². The quantitative estimate of drug-likeness (QED) is 0.645. The molecule has 70 valence electrons. The Morgan fingerprint density at radius 2 is 1.79 bits per heavy atom. The van der Waals surface area contributed by atoms with Crippen LogP contribution in [0.3, 0.4) is 0 Å². The minimum Gasteiger partial charge on any atom is -0.361 e. The van der Waals surface area contributed by atoms with Crippen molar-refractivity contribution in [2.24, 2.45) is 0 Å². The third kappa shape index (κ3) is 1.09. The van der Waals surface area contributed by atoms with E-state index in [2.05, 4.69) is 35.3 Å². The van der Waals surface area contributed by atoms with E-state index < -0.39 is 0 Å². The summed E-state index contributed by atoms with van der Waals surface area (Å²) in [6.45, 7) is 0. The molecule has 1 aromatic carbocycles. The van der Waals surface area contributed by atoms with Crippen molar-refractivity contribution in [2.45, 2.75) is 19.3 Å². The van der Waals surface area contributed by atoms with Crippen LogP contribution in [0.25, 0.3) is 11.3 Å². The van der Waals surface area contributed by atoms with E-state index in [4.69, 9.17) is 0 Å². The molecule has 1 heterocycles. The van der Waals surface area contributed by atoms with Crippen molar-refractivity contribution in [3.05, 3.63) is 47.7 Å². The lowest BCUT2D eigenvalue weighted by Crippen LogP contribution is -1.86. The van der Waals surface area contributed by atoms with Crippen molar-refractivity contribution in [3.8, 4) is 11.3 Å². The van der Waals surface area contributed by atoms with Crippen molar-refractivity contribution in [1.82, 2.24) is 4.98 Å². The van der Waals surface area contributed by atoms with Gasteiger partial charge in [-0.3, -0.25) is 0 Å². The van der Waals surface area contributed by atoms with Gasteiger partial charge in [0.2, 0.25) is 0 Å². The van der Waals surface area contributed by atoms with Gasteiger partial charge < -0.3 is 4.98 Å². The summed E-state index contributed by atoms with van der Waals surface area (Å²) in [5, 5.41) is 0. The average Bonchev–Trinajstić information content (AvgIpc) is 2.61. The highest BCUT2D eigenvalue weighted by Crippen LogP contribution is 2.30. The molecule has 1 aromatic heterocycles. The molecule has 0 saturated carbocycles. The Bertz CT molecular complexity index is 454. The minimum absolute atomic E-state index is 1.20. The van der Waals surface area contributed by atoms with Crippen molar-refractivity contribution < 1.29 is 0 Å². The van der Waals surface area contributed by atoms with E-state index in [1.165, 1.54) is 41.6 Å². The standard InChI is InChI=1S/C13H13N/c1-2-7-12-10(4-1)5-3-6-11-8-9-14-13(11)12/h1-2,4,7-9,14H,3,5-6H2. The molecule has 1 N–H and O–H groups in total. The maximum Gasteiger partial charge on any atom is 0.0489 e. The Balaban J connectivity index is 2.27. The fourth-order valence-corrected chi connectivity index (χ4v) is 2.31.